The van der Waals surface area contributed by atoms with E-state index in [1.165, 1.54) is 0 Å². The van der Waals surface area contributed by atoms with Crippen LogP contribution in [0.4, 0.5) is 13.2 Å². The molecule has 0 bridgehead atoms. The second kappa shape index (κ2) is 7.92. The number of pyridine rings is 1. The Morgan fingerprint density at radius 3 is 2.68 bits per heavy atom. The maximum absolute atomic E-state index is 12.4. The van der Waals surface area contributed by atoms with Gasteiger partial charge in [0.15, 0.2) is 0 Å². The molecule has 2 aromatic rings. The molecular weight excluding hydrogens is 373 g/mol. The van der Waals surface area contributed by atoms with Gasteiger partial charge in [-0.05, 0) is 38.1 Å². The average molecular weight is 396 g/mol. The Kier molecular flexibility index (Phi) is 5.76. The van der Waals surface area contributed by atoms with Crippen molar-refractivity contribution in [3.8, 4) is 11.3 Å². The zero-order chi connectivity index (χ0) is 20.4. The molecular formula is C19H23F3N4O2. The first-order chi connectivity index (χ1) is 13.2. The Hall–Kier alpha value is -2.39. The van der Waals surface area contributed by atoms with Crippen LogP contribution in [0.2, 0.25) is 0 Å². The van der Waals surface area contributed by atoms with E-state index in [1.54, 1.807) is 12.4 Å². The Bertz CT molecular complexity index is 805. The summed E-state index contributed by atoms with van der Waals surface area (Å²) in [5, 5.41) is 4.93. The molecule has 0 radical (unpaired) electrons. The van der Waals surface area contributed by atoms with E-state index in [0.29, 0.717) is 18.8 Å². The van der Waals surface area contributed by atoms with Crippen molar-refractivity contribution < 1.29 is 22.4 Å². The molecule has 28 heavy (non-hydrogen) atoms. The fourth-order valence-corrected chi connectivity index (χ4v) is 3.24. The normalized spacial score (nSPS) is 18.8. The summed E-state index contributed by atoms with van der Waals surface area (Å²) < 4.78 is 43.1. The van der Waals surface area contributed by atoms with Crippen molar-refractivity contribution in [3.05, 3.63) is 42.4 Å². The topological polar surface area (TPSA) is 70.4 Å². The monoisotopic (exact) mass is 396 g/mol. The molecule has 6 nitrogen and oxygen atoms in total. The van der Waals surface area contributed by atoms with Gasteiger partial charge in [0.25, 0.3) is 0 Å². The third-order valence-corrected chi connectivity index (χ3v) is 4.92. The summed E-state index contributed by atoms with van der Waals surface area (Å²) in [5.74, 6) is 0.769. The van der Waals surface area contributed by atoms with Gasteiger partial charge in [-0.25, -0.2) is 0 Å². The lowest BCUT2D eigenvalue weighted by atomic mass is 9.97. The van der Waals surface area contributed by atoms with Crippen LogP contribution in [0.1, 0.15) is 19.6 Å². The fraction of sp³-hybridized carbons (Fsp3) is 0.474. The molecule has 9 heteroatoms. The Labute approximate surface area is 161 Å². The van der Waals surface area contributed by atoms with Crippen LogP contribution in [-0.2, 0) is 10.3 Å². The van der Waals surface area contributed by atoms with E-state index in [2.05, 4.69) is 10.3 Å². The van der Waals surface area contributed by atoms with E-state index < -0.39 is 30.2 Å². The number of nitrogens with zero attached hydrogens (tertiary/aromatic N) is 2. The number of alkyl halides is 3. The summed E-state index contributed by atoms with van der Waals surface area (Å²) in [5.41, 5.74) is 0.373. The van der Waals surface area contributed by atoms with Crippen molar-refractivity contribution in [1.29, 1.82) is 0 Å². The molecule has 3 rings (SSSR count). The van der Waals surface area contributed by atoms with Gasteiger partial charge in [-0.2, -0.15) is 13.2 Å². The lowest BCUT2D eigenvalue weighted by Crippen LogP contribution is -2.61. The number of furan rings is 1. The second-order valence-electron chi connectivity index (χ2n) is 7.24. The van der Waals surface area contributed by atoms with E-state index in [-0.39, 0.29) is 6.54 Å². The lowest BCUT2D eigenvalue weighted by Gasteiger charge is -2.42. The molecule has 0 saturated carbocycles. The van der Waals surface area contributed by atoms with E-state index in [4.69, 9.17) is 4.42 Å². The van der Waals surface area contributed by atoms with Gasteiger partial charge in [0.2, 0.25) is 5.91 Å². The molecule has 2 aromatic heterocycles. The lowest BCUT2D eigenvalue weighted by molar-refractivity contribution is -0.140. The maximum Gasteiger partial charge on any atom is 0.405 e. The first-order valence-electron chi connectivity index (χ1n) is 9.00. The Morgan fingerprint density at radius 2 is 2.00 bits per heavy atom. The zero-order valence-electron chi connectivity index (χ0n) is 15.7. The summed E-state index contributed by atoms with van der Waals surface area (Å²) in [6.45, 7) is 4.02. The average Bonchev–Trinajstić information content (AvgIpc) is 3.17. The number of amides is 1. The number of piperazine rings is 1. The van der Waals surface area contributed by atoms with Crippen LogP contribution in [0.25, 0.3) is 11.3 Å². The molecule has 0 spiro atoms. The number of nitrogens with one attached hydrogen (secondary N) is 2. The molecule has 1 aliphatic rings. The molecule has 1 saturated heterocycles. The Morgan fingerprint density at radius 1 is 1.29 bits per heavy atom. The number of hydrogen-bond acceptors (Lipinski definition) is 5. The molecule has 1 atom stereocenters. The van der Waals surface area contributed by atoms with E-state index in [1.807, 2.05) is 48.3 Å². The molecule has 152 valence electrons. The van der Waals surface area contributed by atoms with Crippen LogP contribution in [0, 0.1) is 0 Å². The minimum atomic E-state index is -4.43. The smallest absolute Gasteiger partial charge is 0.405 e. The van der Waals surface area contributed by atoms with Crippen LogP contribution in [0.5, 0.6) is 0 Å². The number of aromatic nitrogens is 1. The van der Waals surface area contributed by atoms with Crippen molar-refractivity contribution in [3.63, 3.8) is 0 Å². The quantitative estimate of drug-likeness (QED) is 0.813. The van der Waals surface area contributed by atoms with Crippen LogP contribution in [-0.4, -0.2) is 54.2 Å². The third kappa shape index (κ3) is 4.71. The molecule has 0 aromatic carbocycles. The number of carbonyl (C=O) groups excluding carboxylic acids is 1. The van der Waals surface area contributed by atoms with Gasteiger partial charge in [-0.1, -0.05) is 0 Å². The van der Waals surface area contributed by atoms with Crippen molar-refractivity contribution in [1.82, 2.24) is 20.5 Å². The minimum absolute atomic E-state index is 0.280. The van der Waals surface area contributed by atoms with Crippen LogP contribution >= 0.6 is 0 Å². The van der Waals surface area contributed by atoms with Crippen LogP contribution in [0.15, 0.2) is 41.1 Å². The summed E-state index contributed by atoms with van der Waals surface area (Å²) in [6.07, 6.45) is -1.06. The summed E-state index contributed by atoms with van der Waals surface area (Å²) in [4.78, 5) is 18.1. The first kappa shape index (κ1) is 20.3. The predicted molar refractivity (Wildman–Crippen MR) is 97.4 cm³/mol. The molecule has 3 heterocycles. The SMILES string of the molecule is CC(C)(c1ccc(-c2ccncc2)o1)N1CCN[C@H](C(=O)NCC(F)(F)F)C1. The second-order valence-corrected chi connectivity index (χ2v) is 7.24. The predicted octanol–water partition coefficient (Wildman–Crippen LogP) is 2.53. The van der Waals surface area contributed by atoms with E-state index in [9.17, 15) is 18.0 Å². The highest BCUT2D eigenvalue weighted by Gasteiger charge is 2.38. The summed E-state index contributed by atoms with van der Waals surface area (Å²) >= 11 is 0. The highest BCUT2D eigenvalue weighted by atomic mass is 19.4. The van der Waals surface area contributed by atoms with Gasteiger partial charge in [0, 0.05) is 37.6 Å². The number of hydrogen-bond donors (Lipinski definition) is 2. The third-order valence-electron chi connectivity index (χ3n) is 4.92. The maximum atomic E-state index is 12.4. The summed E-state index contributed by atoms with van der Waals surface area (Å²) in [7, 11) is 0. The number of rotatable bonds is 5. The van der Waals surface area contributed by atoms with E-state index >= 15 is 0 Å². The van der Waals surface area contributed by atoms with Gasteiger partial charge in [0.05, 0.1) is 11.6 Å². The standard InChI is InChI=1S/C19H23F3N4O2/c1-18(2,16-4-3-15(28-16)13-5-7-23-8-6-13)26-10-9-24-14(11-26)17(27)25-12-19(20,21)22/h3-8,14,24H,9-12H2,1-2H3,(H,25,27)/t14-/m0/s1. The van der Waals surface area contributed by atoms with Crippen LogP contribution in [0.3, 0.4) is 0 Å². The van der Waals surface area contributed by atoms with E-state index in [0.717, 1.165) is 11.3 Å². The van der Waals surface area contributed by atoms with Gasteiger partial charge in [-0.3, -0.25) is 14.7 Å². The van der Waals surface area contributed by atoms with Crippen molar-refractivity contribution in [2.75, 3.05) is 26.2 Å². The molecule has 1 aliphatic heterocycles. The highest BCUT2D eigenvalue weighted by molar-refractivity contribution is 5.82. The van der Waals surface area contributed by atoms with Crippen LogP contribution < -0.4 is 10.6 Å². The largest absolute Gasteiger partial charge is 0.459 e. The number of halogens is 3. The first-order valence-corrected chi connectivity index (χ1v) is 9.00. The van der Waals surface area contributed by atoms with Gasteiger partial charge in [-0.15, -0.1) is 0 Å². The molecule has 1 amide bonds. The fourth-order valence-electron chi connectivity index (χ4n) is 3.24. The highest BCUT2D eigenvalue weighted by Crippen LogP contribution is 2.33. The zero-order valence-corrected chi connectivity index (χ0v) is 15.7. The summed E-state index contributed by atoms with van der Waals surface area (Å²) in [6, 6.07) is 6.74. The van der Waals surface area contributed by atoms with Crippen molar-refractivity contribution in [2.45, 2.75) is 31.6 Å². The van der Waals surface area contributed by atoms with Gasteiger partial charge < -0.3 is 15.1 Å². The molecule has 0 unspecified atom stereocenters. The molecule has 1 fully saturated rings. The molecule has 0 aliphatic carbocycles. The Balaban J connectivity index is 1.69. The van der Waals surface area contributed by atoms with Gasteiger partial charge in [0.1, 0.15) is 18.1 Å². The van der Waals surface area contributed by atoms with Crippen molar-refractivity contribution in [2.24, 2.45) is 0 Å². The van der Waals surface area contributed by atoms with Gasteiger partial charge >= 0.3 is 6.18 Å². The van der Waals surface area contributed by atoms with Crippen molar-refractivity contribution >= 4 is 5.91 Å². The minimum Gasteiger partial charge on any atom is -0.459 e. The molecule has 2 N–H and O–H groups in total. The number of carbonyl (C=O) groups is 1.